The second-order valence-electron chi connectivity index (χ2n) is 3.04. The van der Waals surface area contributed by atoms with Crippen molar-refractivity contribution in [3.63, 3.8) is 0 Å². The number of aromatic nitrogens is 1. The highest BCUT2D eigenvalue weighted by Gasteiger charge is 2.20. The molecule has 8 nitrogen and oxygen atoms in total. The number of pyridine rings is 1. The number of aryl methyl sites for hydroxylation is 1. The topological polar surface area (TPSA) is 102 Å². The zero-order valence-electron chi connectivity index (χ0n) is 8.78. The molecule has 16 heavy (non-hydrogen) atoms. The molecule has 0 aromatic carbocycles. The number of nitrogens with zero attached hydrogens (tertiary/aromatic N) is 4. The number of hydrazine groups is 1. The summed E-state index contributed by atoms with van der Waals surface area (Å²) in [5, 5.41) is 21.3. The Labute approximate surface area is 90.8 Å². The van der Waals surface area contributed by atoms with E-state index in [9.17, 15) is 20.2 Å². The molecule has 0 atom stereocenters. The molecule has 0 bridgehead atoms. The van der Waals surface area contributed by atoms with E-state index in [2.05, 4.69) is 4.98 Å². The zero-order chi connectivity index (χ0) is 12.3. The van der Waals surface area contributed by atoms with E-state index in [1.165, 1.54) is 6.07 Å². The van der Waals surface area contributed by atoms with E-state index in [0.717, 1.165) is 11.1 Å². The lowest BCUT2D eigenvalue weighted by atomic mass is 10.3. The number of hydrogen-bond acceptors (Lipinski definition) is 5. The van der Waals surface area contributed by atoms with Gasteiger partial charge in [-0.3, -0.25) is 10.1 Å². The Balaban J connectivity index is 3.22. The number of hydrogen-bond donors (Lipinski definition) is 0. The lowest BCUT2D eigenvalue weighted by Gasteiger charge is -2.10. The fourth-order valence-electron chi connectivity index (χ4n) is 1.23. The van der Waals surface area contributed by atoms with E-state index in [4.69, 9.17) is 0 Å². The molecule has 0 aliphatic heterocycles. The maximum Gasteiger partial charge on any atom is 0.275 e. The summed E-state index contributed by atoms with van der Waals surface area (Å²) in [5.74, 6) is -0.0285. The summed E-state index contributed by atoms with van der Waals surface area (Å²) < 4.78 is 0. The van der Waals surface area contributed by atoms with Gasteiger partial charge in [0.2, 0.25) is 5.82 Å². The van der Waals surface area contributed by atoms with Gasteiger partial charge in [0.05, 0.1) is 17.5 Å². The van der Waals surface area contributed by atoms with Crippen LogP contribution in [-0.4, -0.2) is 21.5 Å². The first kappa shape index (κ1) is 11.8. The van der Waals surface area contributed by atoms with Gasteiger partial charge in [-0.2, -0.15) is 0 Å². The number of rotatable bonds is 4. The summed E-state index contributed by atoms with van der Waals surface area (Å²) in [6.45, 7) is 3.20. The normalized spacial score (nSPS) is 9.88. The molecule has 0 radical (unpaired) electrons. The van der Waals surface area contributed by atoms with Crippen LogP contribution in [0.1, 0.15) is 12.6 Å². The van der Waals surface area contributed by atoms with Crippen LogP contribution < -0.4 is 5.01 Å². The molecule has 1 aromatic heterocycles. The van der Waals surface area contributed by atoms with Crippen LogP contribution in [0.25, 0.3) is 0 Å². The van der Waals surface area contributed by atoms with Gasteiger partial charge in [-0.25, -0.2) is 15.1 Å². The number of anilines is 1. The highest BCUT2D eigenvalue weighted by molar-refractivity contribution is 5.46. The monoisotopic (exact) mass is 226 g/mol. The van der Waals surface area contributed by atoms with Crippen molar-refractivity contribution in [1.29, 1.82) is 0 Å². The molecule has 8 heteroatoms. The highest BCUT2D eigenvalue weighted by atomic mass is 16.7. The molecule has 0 fully saturated rings. The van der Waals surface area contributed by atoms with Gasteiger partial charge in [0.1, 0.15) is 0 Å². The number of nitro groups is 2. The third kappa shape index (κ3) is 2.41. The summed E-state index contributed by atoms with van der Waals surface area (Å²) in [7, 11) is 0. The minimum atomic E-state index is -0.647. The van der Waals surface area contributed by atoms with Crippen molar-refractivity contribution in [2.24, 2.45) is 0 Å². The molecular formula is C8H10N4O4. The van der Waals surface area contributed by atoms with Crippen LogP contribution in [-0.2, 0) is 0 Å². The van der Waals surface area contributed by atoms with Crippen molar-refractivity contribution in [3.8, 4) is 0 Å². The van der Waals surface area contributed by atoms with Gasteiger partial charge >= 0.3 is 0 Å². The second-order valence-corrected chi connectivity index (χ2v) is 3.04. The Morgan fingerprint density at radius 3 is 2.44 bits per heavy atom. The first-order chi connectivity index (χ1) is 7.45. The van der Waals surface area contributed by atoms with Crippen molar-refractivity contribution in [2.45, 2.75) is 13.8 Å². The summed E-state index contributed by atoms with van der Waals surface area (Å²) in [4.78, 5) is 24.5. The average Bonchev–Trinajstić information content (AvgIpc) is 2.17. The van der Waals surface area contributed by atoms with Gasteiger partial charge in [-0.05, 0) is 13.8 Å². The van der Waals surface area contributed by atoms with Crippen molar-refractivity contribution < 1.29 is 9.96 Å². The van der Waals surface area contributed by atoms with Crippen molar-refractivity contribution >= 4 is 11.5 Å². The minimum Gasteiger partial charge on any atom is -0.258 e. The van der Waals surface area contributed by atoms with Gasteiger partial charge in [0.25, 0.3) is 5.69 Å². The quantitative estimate of drug-likeness (QED) is 0.566. The van der Waals surface area contributed by atoms with E-state index in [-0.39, 0.29) is 18.1 Å². The molecule has 0 aliphatic carbocycles. The molecular weight excluding hydrogens is 216 g/mol. The van der Waals surface area contributed by atoms with E-state index in [0.29, 0.717) is 5.69 Å². The van der Waals surface area contributed by atoms with Crippen molar-refractivity contribution in [1.82, 2.24) is 4.98 Å². The van der Waals surface area contributed by atoms with Crippen LogP contribution in [0.15, 0.2) is 12.1 Å². The maximum absolute atomic E-state index is 10.6. The molecule has 0 saturated heterocycles. The molecule has 0 N–H and O–H groups in total. The van der Waals surface area contributed by atoms with Crippen molar-refractivity contribution in [3.05, 3.63) is 38.1 Å². The molecule has 1 rings (SSSR count). The predicted octanol–water partition coefficient (Wildman–Crippen LogP) is 1.32. The smallest absolute Gasteiger partial charge is 0.258 e. The second kappa shape index (κ2) is 4.51. The highest BCUT2D eigenvalue weighted by Crippen LogP contribution is 2.20. The van der Waals surface area contributed by atoms with E-state index in [1.807, 2.05) is 0 Å². The van der Waals surface area contributed by atoms with Gasteiger partial charge in [-0.1, -0.05) is 5.01 Å². The predicted molar refractivity (Wildman–Crippen MR) is 55.6 cm³/mol. The summed E-state index contributed by atoms with van der Waals surface area (Å²) in [6.07, 6.45) is 0. The third-order valence-electron chi connectivity index (χ3n) is 1.90. The van der Waals surface area contributed by atoms with Crippen LogP contribution in [0, 0.1) is 27.2 Å². The Morgan fingerprint density at radius 1 is 1.38 bits per heavy atom. The van der Waals surface area contributed by atoms with Crippen molar-refractivity contribution in [2.75, 3.05) is 11.6 Å². The summed E-state index contributed by atoms with van der Waals surface area (Å²) in [5.41, 5.74) is 0.160. The Bertz CT molecular complexity index is 434. The van der Waals surface area contributed by atoms with Crippen LogP contribution >= 0.6 is 0 Å². The van der Waals surface area contributed by atoms with Crippen LogP contribution in [0.2, 0.25) is 0 Å². The standard InChI is InChI=1S/C8H10N4O4/c1-3-10(12(15)16)8-5-7(11(13)14)4-6(2)9-8/h4-5H,3H2,1-2H3. The van der Waals surface area contributed by atoms with Crippen LogP contribution in [0.5, 0.6) is 0 Å². The van der Waals surface area contributed by atoms with Gasteiger partial charge < -0.3 is 0 Å². The van der Waals surface area contributed by atoms with Gasteiger partial charge in [0.15, 0.2) is 5.03 Å². The molecule has 0 saturated carbocycles. The van der Waals surface area contributed by atoms with E-state index in [1.54, 1.807) is 13.8 Å². The first-order valence-electron chi connectivity index (χ1n) is 4.50. The fraction of sp³-hybridized carbons (Fsp3) is 0.375. The Morgan fingerprint density at radius 2 is 2.00 bits per heavy atom. The Hall–Kier alpha value is -2.25. The van der Waals surface area contributed by atoms with Crippen LogP contribution in [0.3, 0.4) is 0 Å². The average molecular weight is 226 g/mol. The summed E-state index contributed by atoms with van der Waals surface area (Å²) in [6, 6.07) is 2.34. The molecule has 0 unspecified atom stereocenters. The first-order valence-corrected chi connectivity index (χ1v) is 4.50. The zero-order valence-corrected chi connectivity index (χ0v) is 8.78. The van der Waals surface area contributed by atoms with Gasteiger partial charge in [0, 0.05) is 11.8 Å². The molecule has 1 heterocycles. The third-order valence-corrected chi connectivity index (χ3v) is 1.90. The van der Waals surface area contributed by atoms with E-state index < -0.39 is 9.96 Å². The molecule has 0 amide bonds. The van der Waals surface area contributed by atoms with Gasteiger partial charge in [-0.15, -0.1) is 0 Å². The minimum absolute atomic E-state index is 0.0285. The largest absolute Gasteiger partial charge is 0.275 e. The lowest BCUT2D eigenvalue weighted by Crippen LogP contribution is -2.30. The lowest BCUT2D eigenvalue weighted by molar-refractivity contribution is -0.494. The molecule has 1 aromatic rings. The van der Waals surface area contributed by atoms with Crippen LogP contribution in [0.4, 0.5) is 11.5 Å². The summed E-state index contributed by atoms with van der Waals surface area (Å²) >= 11 is 0. The Kier molecular flexibility index (Phi) is 3.33. The fourth-order valence-corrected chi connectivity index (χ4v) is 1.23. The molecule has 0 spiro atoms. The molecule has 0 aliphatic rings. The molecule has 86 valence electrons. The van der Waals surface area contributed by atoms with E-state index >= 15 is 0 Å². The maximum atomic E-state index is 10.6. The SMILES string of the molecule is CCN(c1cc([N+](=O)[O-])cc(C)n1)[N+](=O)[O-].